The van der Waals surface area contributed by atoms with Crippen LogP contribution in [0.15, 0.2) is 61.2 Å². The van der Waals surface area contributed by atoms with Crippen molar-refractivity contribution in [3.8, 4) is 11.4 Å². The van der Waals surface area contributed by atoms with E-state index in [1.807, 2.05) is 55.5 Å². The Morgan fingerprint density at radius 1 is 1.23 bits per heavy atom. The normalized spacial score (nSPS) is 17.0. The van der Waals surface area contributed by atoms with Crippen LogP contribution >= 0.6 is 0 Å². The SMILES string of the molecule is C[C@@H](NC(=O)[C@@H]1COc2ccccc2C1)c1ccc(-n2cncn2)cc1. The standard InChI is InChI=1S/C20H20N4O2/c1-14(15-6-8-18(9-7-15)24-13-21-12-22-24)23-20(25)17-10-16-4-2-3-5-19(16)26-11-17/h2-9,12-14,17H,10-11H2,1H3,(H,23,25)/t14-,17+/m1/s1. The van der Waals surface area contributed by atoms with Gasteiger partial charge in [0.1, 0.15) is 25.0 Å². The Morgan fingerprint density at radius 3 is 2.81 bits per heavy atom. The number of rotatable bonds is 4. The Hall–Kier alpha value is -3.15. The largest absolute Gasteiger partial charge is 0.492 e. The third-order valence-electron chi connectivity index (χ3n) is 4.68. The Labute approximate surface area is 151 Å². The number of para-hydroxylation sites is 1. The van der Waals surface area contributed by atoms with Crippen LogP contribution in [0.1, 0.15) is 24.1 Å². The van der Waals surface area contributed by atoms with Gasteiger partial charge < -0.3 is 10.1 Å². The molecule has 6 heteroatoms. The average Bonchev–Trinajstić information content (AvgIpc) is 3.22. The van der Waals surface area contributed by atoms with E-state index in [1.165, 1.54) is 6.33 Å². The fourth-order valence-electron chi connectivity index (χ4n) is 3.17. The summed E-state index contributed by atoms with van der Waals surface area (Å²) in [6, 6.07) is 15.7. The zero-order valence-electron chi connectivity index (χ0n) is 14.5. The minimum absolute atomic E-state index is 0.0207. The van der Waals surface area contributed by atoms with Gasteiger partial charge in [0.15, 0.2) is 0 Å². The highest BCUT2D eigenvalue weighted by Crippen LogP contribution is 2.27. The highest BCUT2D eigenvalue weighted by atomic mass is 16.5. The summed E-state index contributed by atoms with van der Waals surface area (Å²) in [5.41, 5.74) is 3.06. The van der Waals surface area contributed by atoms with Gasteiger partial charge in [0, 0.05) is 0 Å². The van der Waals surface area contributed by atoms with Crippen molar-refractivity contribution in [3.63, 3.8) is 0 Å². The van der Waals surface area contributed by atoms with E-state index in [0.717, 1.165) is 22.6 Å². The van der Waals surface area contributed by atoms with Gasteiger partial charge in [-0.3, -0.25) is 4.79 Å². The first-order valence-corrected chi connectivity index (χ1v) is 8.67. The summed E-state index contributed by atoms with van der Waals surface area (Å²) in [6.07, 6.45) is 3.86. The fraction of sp³-hybridized carbons (Fsp3) is 0.250. The maximum Gasteiger partial charge on any atom is 0.227 e. The van der Waals surface area contributed by atoms with Crippen LogP contribution in [0.4, 0.5) is 0 Å². The van der Waals surface area contributed by atoms with Crippen molar-refractivity contribution in [2.75, 3.05) is 6.61 Å². The summed E-state index contributed by atoms with van der Waals surface area (Å²) < 4.78 is 7.42. The molecule has 132 valence electrons. The molecule has 1 amide bonds. The molecule has 0 aliphatic carbocycles. The molecule has 3 aromatic rings. The topological polar surface area (TPSA) is 69.0 Å². The fourth-order valence-corrected chi connectivity index (χ4v) is 3.17. The molecule has 0 saturated heterocycles. The van der Waals surface area contributed by atoms with Gasteiger partial charge in [0.2, 0.25) is 5.91 Å². The van der Waals surface area contributed by atoms with E-state index in [1.54, 1.807) is 11.0 Å². The second kappa shape index (κ2) is 7.00. The van der Waals surface area contributed by atoms with Crippen molar-refractivity contribution in [1.29, 1.82) is 0 Å². The predicted molar refractivity (Wildman–Crippen MR) is 97.0 cm³/mol. The minimum Gasteiger partial charge on any atom is -0.492 e. The molecular weight excluding hydrogens is 328 g/mol. The number of carbonyl (C=O) groups is 1. The molecule has 1 aliphatic rings. The van der Waals surface area contributed by atoms with Gasteiger partial charge in [-0.05, 0) is 42.7 Å². The third kappa shape index (κ3) is 3.31. The lowest BCUT2D eigenvalue weighted by Gasteiger charge is -2.26. The number of hydrogen-bond acceptors (Lipinski definition) is 4. The van der Waals surface area contributed by atoms with Crippen molar-refractivity contribution < 1.29 is 9.53 Å². The number of aromatic nitrogens is 3. The summed E-state index contributed by atoms with van der Waals surface area (Å²) in [5, 5.41) is 7.21. The van der Waals surface area contributed by atoms with Crippen LogP contribution in [0.2, 0.25) is 0 Å². The van der Waals surface area contributed by atoms with Crippen molar-refractivity contribution >= 4 is 5.91 Å². The Morgan fingerprint density at radius 2 is 2.04 bits per heavy atom. The van der Waals surface area contributed by atoms with E-state index in [0.29, 0.717) is 13.0 Å². The number of hydrogen-bond donors (Lipinski definition) is 1. The summed E-state index contributed by atoms with van der Waals surface area (Å²) in [6.45, 7) is 2.40. The summed E-state index contributed by atoms with van der Waals surface area (Å²) >= 11 is 0. The lowest BCUT2D eigenvalue weighted by Crippen LogP contribution is -2.38. The van der Waals surface area contributed by atoms with E-state index < -0.39 is 0 Å². The molecule has 2 atom stereocenters. The molecule has 0 spiro atoms. The molecule has 0 radical (unpaired) electrons. The molecule has 1 aromatic heterocycles. The van der Waals surface area contributed by atoms with Crippen LogP contribution in [0.5, 0.6) is 5.75 Å². The first-order valence-electron chi connectivity index (χ1n) is 8.67. The molecule has 26 heavy (non-hydrogen) atoms. The van der Waals surface area contributed by atoms with Crippen LogP contribution in [0.3, 0.4) is 0 Å². The molecule has 0 saturated carbocycles. The van der Waals surface area contributed by atoms with Gasteiger partial charge in [0.05, 0.1) is 17.6 Å². The average molecular weight is 348 g/mol. The molecule has 0 bridgehead atoms. The number of nitrogens with one attached hydrogen (secondary N) is 1. The molecule has 0 fully saturated rings. The summed E-state index contributed by atoms with van der Waals surface area (Å²) in [7, 11) is 0. The monoisotopic (exact) mass is 348 g/mol. The van der Waals surface area contributed by atoms with E-state index in [-0.39, 0.29) is 17.9 Å². The maximum absolute atomic E-state index is 12.6. The highest BCUT2D eigenvalue weighted by Gasteiger charge is 2.26. The Kier molecular flexibility index (Phi) is 4.39. The van der Waals surface area contributed by atoms with Crippen molar-refractivity contribution in [2.24, 2.45) is 5.92 Å². The summed E-state index contributed by atoms with van der Waals surface area (Å²) in [5.74, 6) is 0.738. The van der Waals surface area contributed by atoms with Gasteiger partial charge in [-0.1, -0.05) is 30.3 Å². The number of nitrogens with zero attached hydrogens (tertiary/aromatic N) is 3. The van der Waals surface area contributed by atoms with E-state index in [4.69, 9.17) is 4.74 Å². The van der Waals surface area contributed by atoms with Crippen LogP contribution in [-0.2, 0) is 11.2 Å². The lowest BCUT2D eigenvalue weighted by molar-refractivity contribution is -0.126. The second-order valence-electron chi connectivity index (χ2n) is 6.48. The molecule has 6 nitrogen and oxygen atoms in total. The highest BCUT2D eigenvalue weighted by molar-refractivity contribution is 5.80. The molecule has 4 rings (SSSR count). The zero-order chi connectivity index (χ0) is 17.9. The molecule has 1 aliphatic heterocycles. The number of ether oxygens (including phenoxy) is 1. The first kappa shape index (κ1) is 16.3. The number of amides is 1. The second-order valence-corrected chi connectivity index (χ2v) is 6.48. The Bertz CT molecular complexity index is 890. The minimum atomic E-state index is -0.165. The molecule has 0 unspecified atom stereocenters. The van der Waals surface area contributed by atoms with Crippen molar-refractivity contribution in [1.82, 2.24) is 20.1 Å². The zero-order valence-corrected chi connectivity index (χ0v) is 14.5. The smallest absolute Gasteiger partial charge is 0.227 e. The van der Waals surface area contributed by atoms with E-state index in [2.05, 4.69) is 15.4 Å². The van der Waals surface area contributed by atoms with Crippen LogP contribution in [0, 0.1) is 5.92 Å². The molecule has 2 heterocycles. The summed E-state index contributed by atoms with van der Waals surface area (Å²) in [4.78, 5) is 16.6. The van der Waals surface area contributed by atoms with Gasteiger partial charge in [0.25, 0.3) is 0 Å². The van der Waals surface area contributed by atoms with E-state index in [9.17, 15) is 4.79 Å². The lowest BCUT2D eigenvalue weighted by atomic mass is 9.95. The van der Waals surface area contributed by atoms with Gasteiger partial charge in [-0.25, -0.2) is 9.67 Å². The maximum atomic E-state index is 12.6. The van der Waals surface area contributed by atoms with Gasteiger partial charge >= 0.3 is 0 Å². The molecule has 1 N–H and O–H groups in total. The number of fused-ring (bicyclic) bond motifs is 1. The first-order chi connectivity index (χ1) is 12.7. The van der Waals surface area contributed by atoms with Gasteiger partial charge in [-0.15, -0.1) is 0 Å². The van der Waals surface area contributed by atoms with Crippen molar-refractivity contribution in [3.05, 3.63) is 72.3 Å². The predicted octanol–water partition coefficient (Wildman–Crippen LogP) is 2.70. The number of carbonyl (C=O) groups excluding carboxylic acids is 1. The molecule has 2 aromatic carbocycles. The van der Waals surface area contributed by atoms with E-state index >= 15 is 0 Å². The Balaban J connectivity index is 1.40. The van der Waals surface area contributed by atoms with Crippen LogP contribution in [0.25, 0.3) is 5.69 Å². The number of benzene rings is 2. The quantitative estimate of drug-likeness (QED) is 0.787. The van der Waals surface area contributed by atoms with Crippen molar-refractivity contribution in [2.45, 2.75) is 19.4 Å². The third-order valence-corrected chi connectivity index (χ3v) is 4.68. The van der Waals surface area contributed by atoms with Crippen LogP contribution < -0.4 is 10.1 Å². The van der Waals surface area contributed by atoms with Gasteiger partial charge in [-0.2, -0.15) is 5.10 Å². The van der Waals surface area contributed by atoms with Crippen LogP contribution in [-0.4, -0.2) is 27.3 Å². The molecular formula is C20H20N4O2.